The molecule has 1 aliphatic rings. The maximum absolute atomic E-state index is 4.37. The van der Waals surface area contributed by atoms with E-state index in [1.807, 2.05) is 17.3 Å². The molecule has 0 aliphatic carbocycles. The van der Waals surface area contributed by atoms with Gasteiger partial charge in [-0.3, -0.25) is 4.99 Å². The van der Waals surface area contributed by atoms with Crippen molar-refractivity contribution in [3.63, 3.8) is 0 Å². The fraction of sp³-hybridized carbons (Fsp3) is 0.615. The molecule has 0 aromatic carbocycles. The first-order valence-corrected chi connectivity index (χ1v) is 6.51. The summed E-state index contributed by atoms with van der Waals surface area (Å²) in [6.45, 7) is 9.77. The average molecular weight is 223 g/mol. The van der Waals surface area contributed by atoms with Gasteiger partial charge in [-0.25, -0.2) is 0 Å². The summed E-state index contributed by atoms with van der Waals surface area (Å²) in [5.74, 6) is 0. The lowest BCUT2D eigenvalue weighted by molar-refractivity contribution is 0.515. The topological polar surface area (TPSA) is 12.4 Å². The van der Waals surface area contributed by atoms with Crippen LogP contribution in [-0.4, -0.2) is 17.3 Å². The number of nitrogens with zero attached hydrogens (tertiary/aromatic N) is 1. The number of aliphatic imine (C=N–C) groups is 1. The predicted octanol–water partition coefficient (Wildman–Crippen LogP) is 4.07. The first-order valence-electron chi connectivity index (χ1n) is 5.56. The molecule has 1 unspecified atom stereocenters. The molecule has 0 amide bonds. The number of thioether (sulfide) groups is 1. The van der Waals surface area contributed by atoms with E-state index in [-0.39, 0.29) is 5.41 Å². The van der Waals surface area contributed by atoms with Crippen LogP contribution in [0.1, 0.15) is 34.1 Å². The predicted molar refractivity (Wildman–Crippen MR) is 71.7 cm³/mol. The van der Waals surface area contributed by atoms with Gasteiger partial charge in [-0.15, -0.1) is 11.8 Å². The monoisotopic (exact) mass is 223 g/mol. The van der Waals surface area contributed by atoms with Crippen molar-refractivity contribution in [3.05, 3.63) is 23.8 Å². The van der Waals surface area contributed by atoms with Crippen LogP contribution in [0.5, 0.6) is 0 Å². The molecule has 0 aromatic heterocycles. The number of allylic oxidation sites excluding steroid dienone is 2. The summed E-state index contributed by atoms with van der Waals surface area (Å²) < 4.78 is 0. The van der Waals surface area contributed by atoms with Crippen LogP contribution in [0.4, 0.5) is 0 Å². The highest BCUT2D eigenvalue weighted by atomic mass is 32.2. The molecular weight excluding hydrogens is 202 g/mol. The molecule has 0 saturated heterocycles. The van der Waals surface area contributed by atoms with E-state index in [1.54, 1.807) is 0 Å². The maximum atomic E-state index is 4.37. The average Bonchev–Trinajstić information content (AvgIpc) is 2.27. The lowest BCUT2D eigenvalue weighted by Gasteiger charge is -2.20. The van der Waals surface area contributed by atoms with Crippen molar-refractivity contribution in [2.24, 2.45) is 10.4 Å². The van der Waals surface area contributed by atoms with Crippen LogP contribution in [0.15, 0.2) is 28.8 Å². The molecule has 15 heavy (non-hydrogen) atoms. The summed E-state index contributed by atoms with van der Waals surface area (Å²) in [6, 6.07) is 0. The van der Waals surface area contributed by atoms with Gasteiger partial charge in [0, 0.05) is 5.25 Å². The molecule has 0 spiro atoms. The quantitative estimate of drug-likeness (QED) is 0.653. The van der Waals surface area contributed by atoms with Crippen LogP contribution in [0.2, 0.25) is 0 Å². The fourth-order valence-corrected chi connectivity index (χ4v) is 2.12. The number of hydrogen-bond donors (Lipinski definition) is 0. The Labute approximate surface area is 97.8 Å². The maximum Gasteiger partial charge on any atom is 0.0582 e. The normalized spacial score (nSPS) is 30.7. The molecule has 0 radical (unpaired) electrons. The summed E-state index contributed by atoms with van der Waals surface area (Å²) in [7, 11) is 0. The van der Waals surface area contributed by atoms with Crippen LogP contribution in [0.3, 0.4) is 0 Å². The lowest BCUT2D eigenvalue weighted by atomic mass is 9.85. The molecule has 1 atom stereocenters. The minimum atomic E-state index is 0.222. The Morgan fingerprint density at radius 3 is 2.80 bits per heavy atom. The smallest absolute Gasteiger partial charge is 0.0582 e. The molecular formula is C13H21NS. The van der Waals surface area contributed by atoms with E-state index in [1.165, 1.54) is 5.57 Å². The summed E-state index contributed by atoms with van der Waals surface area (Å²) in [5, 5.41) is 0.567. The molecule has 2 heteroatoms. The molecule has 0 saturated carbocycles. The Kier molecular flexibility index (Phi) is 4.65. The van der Waals surface area contributed by atoms with Crippen molar-refractivity contribution in [3.8, 4) is 0 Å². The van der Waals surface area contributed by atoms with E-state index < -0.39 is 0 Å². The van der Waals surface area contributed by atoms with Gasteiger partial charge in [0.2, 0.25) is 0 Å². The number of hydrogen-bond acceptors (Lipinski definition) is 2. The molecule has 84 valence electrons. The molecule has 0 N–H and O–H groups in total. The van der Waals surface area contributed by atoms with E-state index in [0.717, 1.165) is 13.0 Å². The van der Waals surface area contributed by atoms with Crippen LogP contribution >= 0.6 is 11.8 Å². The zero-order valence-corrected chi connectivity index (χ0v) is 11.0. The Morgan fingerprint density at radius 2 is 2.20 bits per heavy atom. The summed E-state index contributed by atoms with van der Waals surface area (Å²) in [6.07, 6.45) is 7.96. The Hall–Kier alpha value is -0.500. The van der Waals surface area contributed by atoms with Crippen molar-refractivity contribution >= 4 is 17.3 Å². The van der Waals surface area contributed by atoms with Gasteiger partial charge in [0.05, 0.1) is 12.1 Å². The van der Waals surface area contributed by atoms with Crippen molar-refractivity contribution in [1.29, 1.82) is 0 Å². The van der Waals surface area contributed by atoms with Gasteiger partial charge >= 0.3 is 0 Å². The molecule has 1 nitrogen and oxygen atoms in total. The third-order valence-corrected chi connectivity index (χ3v) is 3.60. The second kappa shape index (κ2) is 5.55. The van der Waals surface area contributed by atoms with Crippen molar-refractivity contribution in [1.82, 2.24) is 0 Å². The van der Waals surface area contributed by atoms with Gasteiger partial charge in [0.15, 0.2) is 0 Å². The molecule has 0 bridgehead atoms. The molecule has 1 heterocycles. The van der Waals surface area contributed by atoms with Crippen LogP contribution < -0.4 is 0 Å². The molecule has 1 rings (SSSR count). The van der Waals surface area contributed by atoms with Gasteiger partial charge in [0.1, 0.15) is 0 Å². The minimum absolute atomic E-state index is 0.222. The van der Waals surface area contributed by atoms with Gasteiger partial charge < -0.3 is 0 Å². The van der Waals surface area contributed by atoms with E-state index >= 15 is 0 Å². The van der Waals surface area contributed by atoms with E-state index in [2.05, 4.69) is 50.9 Å². The van der Waals surface area contributed by atoms with Gasteiger partial charge in [-0.05, 0) is 17.4 Å². The van der Waals surface area contributed by atoms with Gasteiger partial charge in [-0.2, -0.15) is 0 Å². The summed E-state index contributed by atoms with van der Waals surface area (Å²) in [5.41, 5.74) is 3.60. The Bertz CT molecular complexity index is 281. The standard InChI is InChI=1S/C13H21NS/c1-5-12-7-6-11(13(2,3)4)8-9-14-10-15-12/h6-8,10,12H,5,9H2,1-4H3/b7-6-,11-8+,14-10-. The van der Waals surface area contributed by atoms with E-state index in [4.69, 9.17) is 0 Å². The summed E-state index contributed by atoms with van der Waals surface area (Å²) in [4.78, 5) is 4.37. The van der Waals surface area contributed by atoms with E-state index in [0.29, 0.717) is 5.25 Å². The highest BCUT2D eigenvalue weighted by molar-refractivity contribution is 8.12. The first-order chi connectivity index (χ1) is 7.04. The lowest BCUT2D eigenvalue weighted by Crippen LogP contribution is -2.08. The highest BCUT2D eigenvalue weighted by Crippen LogP contribution is 2.27. The first kappa shape index (κ1) is 12.6. The second-order valence-electron chi connectivity index (χ2n) is 4.82. The zero-order valence-electron chi connectivity index (χ0n) is 10.2. The summed E-state index contributed by atoms with van der Waals surface area (Å²) >= 11 is 1.81. The third kappa shape index (κ3) is 4.25. The molecule has 0 fully saturated rings. The van der Waals surface area contributed by atoms with Crippen LogP contribution in [0.25, 0.3) is 0 Å². The zero-order chi connectivity index (χ0) is 11.3. The Morgan fingerprint density at radius 1 is 1.47 bits per heavy atom. The van der Waals surface area contributed by atoms with Gasteiger partial charge in [0.25, 0.3) is 0 Å². The van der Waals surface area contributed by atoms with Crippen LogP contribution in [0, 0.1) is 5.41 Å². The van der Waals surface area contributed by atoms with Crippen molar-refractivity contribution in [2.45, 2.75) is 39.4 Å². The van der Waals surface area contributed by atoms with E-state index in [9.17, 15) is 0 Å². The van der Waals surface area contributed by atoms with Gasteiger partial charge in [-0.1, -0.05) is 45.9 Å². The molecule has 0 aromatic rings. The highest BCUT2D eigenvalue weighted by Gasteiger charge is 2.15. The molecule has 1 aliphatic heterocycles. The van der Waals surface area contributed by atoms with Crippen LogP contribution in [-0.2, 0) is 0 Å². The fourth-order valence-electron chi connectivity index (χ4n) is 1.43. The van der Waals surface area contributed by atoms with Crippen molar-refractivity contribution < 1.29 is 0 Å². The SMILES string of the molecule is CCC1/C=C\C(C(C)(C)C)=C/C/N=C\S1. The van der Waals surface area contributed by atoms with Crippen molar-refractivity contribution in [2.75, 3.05) is 6.54 Å². The number of rotatable bonds is 1. The largest absolute Gasteiger partial charge is 0.282 e. The second-order valence-corrected chi connectivity index (χ2v) is 5.91. The third-order valence-electron chi connectivity index (χ3n) is 2.49. The Balaban J connectivity index is 2.87. The minimum Gasteiger partial charge on any atom is -0.282 e.